The normalized spacial score (nSPS) is 19.1. The first-order valence-electron chi connectivity index (χ1n) is 10.5. The van der Waals surface area contributed by atoms with Crippen LogP contribution in [0.25, 0.3) is 6.08 Å². The number of anilines is 1. The summed E-state index contributed by atoms with van der Waals surface area (Å²) in [6.45, 7) is 9.91. The predicted octanol–water partition coefficient (Wildman–Crippen LogP) is 2.56. The van der Waals surface area contributed by atoms with Gasteiger partial charge < -0.3 is 9.80 Å². The number of amides is 1. The highest BCUT2D eigenvalue weighted by Gasteiger charge is 2.33. The van der Waals surface area contributed by atoms with E-state index >= 15 is 0 Å². The van der Waals surface area contributed by atoms with E-state index in [0.29, 0.717) is 27.3 Å². The standard InChI is InChI=1S/C22H29N5O2S2/c1-14(2)6-7-27-21(29)18(31-22(27)30)12-16-15(3)17(13-23)20(28)25(5)19(16)26-10-8-24(4)9-11-26/h12,14H,6-11H2,1-5H3/b18-12-. The summed E-state index contributed by atoms with van der Waals surface area (Å²) in [7, 11) is 3.77. The molecule has 0 aromatic carbocycles. The summed E-state index contributed by atoms with van der Waals surface area (Å²) in [5.41, 5.74) is 1.15. The summed E-state index contributed by atoms with van der Waals surface area (Å²) in [6, 6.07) is 2.05. The van der Waals surface area contributed by atoms with Crippen LogP contribution in [0, 0.1) is 24.2 Å². The van der Waals surface area contributed by atoms with Gasteiger partial charge in [-0.25, -0.2) is 0 Å². The molecule has 0 atom stereocenters. The molecular formula is C22H29N5O2S2. The monoisotopic (exact) mass is 459 g/mol. The minimum atomic E-state index is -0.310. The van der Waals surface area contributed by atoms with Gasteiger partial charge in [0.25, 0.3) is 11.5 Å². The van der Waals surface area contributed by atoms with Gasteiger partial charge in [0.05, 0.1) is 4.91 Å². The average Bonchev–Trinajstić information content (AvgIpc) is 2.99. The molecule has 0 spiro atoms. The highest BCUT2D eigenvalue weighted by molar-refractivity contribution is 8.26. The Bertz CT molecular complexity index is 1030. The lowest BCUT2D eigenvalue weighted by Crippen LogP contribution is -2.46. The van der Waals surface area contributed by atoms with Crippen LogP contribution in [-0.4, -0.2) is 64.4 Å². The SMILES string of the molecule is Cc1c(/C=C2\SC(=S)N(CCC(C)C)C2=O)c(N2CCN(C)CC2)n(C)c(=O)c1C#N. The molecule has 0 unspecified atom stereocenters. The molecule has 0 bridgehead atoms. The van der Waals surface area contributed by atoms with Crippen LogP contribution < -0.4 is 10.5 Å². The molecule has 2 saturated heterocycles. The molecule has 2 aliphatic heterocycles. The van der Waals surface area contributed by atoms with Gasteiger partial charge in [-0.1, -0.05) is 37.8 Å². The number of likely N-dealkylation sites (N-methyl/N-ethyl adjacent to an activating group) is 1. The number of hydrogen-bond acceptors (Lipinski definition) is 7. The van der Waals surface area contributed by atoms with E-state index < -0.39 is 0 Å². The largest absolute Gasteiger partial charge is 0.355 e. The zero-order valence-electron chi connectivity index (χ0n) is 18.8. The molecule has 2 fully saturated rings. The topological polar surface area (TPSA) is 72.6 Å². The van der Waals surface area contributed by atoms with Crippen molar-refractivity contribution in [3.05, 3.63) is 31.9 Å². The van der Waals surface area contributed by atoms with Crippen molar-refractivity contribution in [3.63, 3.8) is 0 Å². The lowest BCUT2D eigenvalue weighted by atomic mass is 10.0. The molecule has 3 heterocycles. The summed E-state index contributed by atoms with van der Waals surface area (Å²) in [5.74, 6) is 1.12. The molecule has 31 heavy (non-hydrogen) atoms. The second kappa shape index (κ2) is 9.55. The first-order chi connectivity index (χ1) is 14.6. The Morgan fingerprint density at radius 3 is 2.42 bits per heavy atom. The third-order valence-electron chi connectivity index (χ3n) is 5.85. The van der Waals surface area contributed by atoms with Gasteiger partial charge >= 0.3 is 0 Å². The van der Waals surface area contributed by atoms with Crippen molar-refractivity contribution in [3.8, 4) is 6.07 Å². The molecule has 0 aliphatic carbocycles. The van der Waals surface area contributed by atoms with Crippen LogP contribution in [0.3, 0.4) is 0 Å². The molecule has 1 aromatic heterocycles. The fourth-order valence-corrected chi connectivity index (χ4v) is 5.11. The van der Waals surface area contributed by atoms with Crippen molar-refractivity contribution in [2.75, 3.05) is 44.7 Å². The number of rotatable bonds is 5. The molecule has 1 amide bonds. The van der Waals surface area contributed by atoms with Gasteiger partial charge in [0, 0.05) is 45.3 Å². The van der Waals surface area contributed by atoms with Gasteiger partial charge in [0.15, 0.2) is 0 Å². The Labute approximate surface area is 193 Å². The number of thioether (sulfide) groups is 1. The van der Waals surface area contributed by atoms with E-state index in [1.54, 1.807) is 23.4 Å². The van der Waals surface area contributed by atoms with Crippen LogP contribution in [0.15, 0.2) is 9.70 Å². The van der Waals surface area contributed by atoms with Gasteiger partial charge in [-0.3, -0.25) is 19.1 Å². The lowest BCUT2D eigenvalue weighted by Gasteiger charge is -2.36. The third kappa shape index (κ3) is 4.71. The van der Waals surface area contributed by atoms with E-state index in [9.17, 15) is 14.9 Å². The fourth-order valence-electron chi connectivity index (χ4n) is 3.82. The van der Waals surface area contributed by atoms with Crippen LogP contribution in [0.1, 0.15) is 37.0 Å². The Balaban J connectivity index is 2.09. The van der Waals surface area contributed by atoms with Crippen molar-refractivity contribution in [1.82, 2.24) is 14.4 Å². The van der Waals surface area contributed by atoms with Crippen LogP contribution in [-0.2, 0) is 11.8 Å². The Hall–Kier alpha value is -2.15. The van der Waals surface area contributed by atoms with Crippen molar-refractivity contribution in [1.29, 1.82) is 5.26 Å². The molecule has 2 aliphatic rings. The third-order valence-corrected chi connectivity index (χ3v) is 7.23. The Kier molecular flexibility index (Phi) is 7.24. The van der Waals surface area contributed by atoms with Gasteiger partial charge in [-0.2, -0.15) is 5.26 Å². The van der Waals surface area contributed by atoms with Crippen LogP contribution in [0.2, 0.25) is 0 Å². The molecule has 166 valence electrons. The number of pyridine rings is 1. The summed E-state index contributed by atoms with van der Waals surface area (Å²) < 4.78 is 2.10. The van der Waals surface area contributed by atoms with Crippen molar-refractivity contribution in [2.24, 2.45) is 13.0 Å². The van der Waals surface area contributed by atoms with Gasteiger partial charge in [-0.05, 0) is 37.9 Å². The fraction of sp³-hybridized carbons (Fsp3) is 0.545. The summed E-state index contributed by atoms with van der Waals surface area (Å²) in [5, 5.41) is 9.60. The lowest BCUT2D eigenvalue weighted by molar-refractivity contribution is -0.122. The highest BCUT2D eigenvalue weighted by atomic mass is 32.2. The van der Waals surface area contributed by atoms with E-state index in [-0.39, 0.29) is 17.0 Å². The summed E-state index contributed by atoms with van der Waals surface area (Å²) in [6.07, 6.45) is 2.70. The highest BCUT2D eigenvalue weighted by Crippen LogP contribution is 2.36. The summed E-state index contributed by atoms with van der Waals surface area (Å²) >= 11 is 6.75. The number of thiocarbonyl (C=S) groups is 1. The van der Waals surface area contributed by atoms with Gasteiger partial charge in [0.2, 0.25) is 0 Å². The molecular weight excluding hydrogens is 430 g/mol. The van der Waals surface area contributed by atoms with Crippen LogP contribution >= 0.6 is 24.0 Å². The minimum Gasteiger partial charge on any atom is -0.355 e. The summed E-state index contributed by atoms with van der Waals surface area (Å²) in [4.78, 5) is 32.5. The van der Waals surface area contributed by atoms with Crippen LogP contribution in [0.5, 0.6) is 0 Å². The number of piperazine rings is 1. The van der Waals surface area contributed by atoms with Gasteiger partial charge in [-0.15, -0.1) is 0 Å². The van der Waals surface area contributed by atoms with Gasteiger partial charge in [0.1, 0.15) is 21.8 Å². The van der Waals surface area contributed by atoms with E-state index in [1.165, 1.54) is 11.8 Å². The van der Waals surface area contributed by atoms with E-state index in [1.807, 2.05) is 6.08 Å². The Morgan fingerprint density at radius 2 is 1.84 bits per heavy atom. The Morgan fingerprint density at radius 1 is 1.19 bits per heavy atom. The maximum absolute atomic E-state index is 13.1. The quantitative estimate of drug-likeness (QED) is 0.495. The van der Waals surface area contributed by atoms with E-state index in [0.717, 1.165) is 44.0 Å². The minimum absolute atomic E-state index is 0.105. The zero-order chi connectivity index (χ0) is 22.9. The zero-order valence-corrected chi connectivity index (χ0v) is 20.4. The molecule has 9 heteroatoms. The first kappa shape index (κ1) is 23.5. The maximum atomic E-state index is 13.1. The number of carbonyl (C=O) groups excluding carboxylic acids is 1. The number of hydrogen-bond donors (Lipinski definition) is 0. The smallest absolute Gasteiger partial charge is 0.270 e. The average molecular weight is 460 g/mol. The number of aromatic nitrogens is 1. The first-order valence-corrected chi connectivity index (χ1v) is 11.7. The number of nitrogens with zero attached hydrogens (tertiary/aromatic N) is 5. The van der Waals surface area contributed by atoms with E-state index in [4.69, 9.17) is 12.2 Å². The maximum Gasteiger partial charge on any atom is 0.270 e. The molecule has 0 saturated carbocycles. The van der Waals surface area contributed by atoms with Crippen molar-refractivity contribution < 1.29 is 4.79 Å². The van der Waals surface area contributed by atoms with Crippen molar-refractivity contribution in [2.45, 2.75) is 27.2 Å². The van der Waals surface area contributed by atoms with Crippen LogP contribution in [0.4, 0.5) is 5.82 Å². The second-order valence-electron chi connectivity index (χ2n) is 8.52. The number of nitriles is 1. The predicted molar refractivity (Wildman–Crippen MR) is 130 cm³/mol. The molecule has 0 N–H and O–H groups in total. The van der Waals surface area contributed by atoms with Crippen molar-refractivity contribution >= 4 is 46.1 Å². The van der Waals surface area contributed by atoms with E-state index in [2.05, 4.69) is 36.8 Å². The molecule has 1 aromatic rings. The number of carbonyl (C=O) groups is 1. The molecule has 7 nitrogen and oxygen atoms in total. The molecule has 3 rings (SSSR count). The molecule has 0 radical (unpaired) electrons. The second-order valence-corrected chi connectivity index (χ2v) is 10.2.